The van der Waals surface area contributed by atoms with Gasteiger partial charge in [-0.05, 0) is 19.3 Å². The highest BCUT2D eigenvalue weighted by molar-refractivity contribution is 5.28. The lowest BCUT2D eigenvalue weighted by Crippen LogP contribution is -2.13. The highest BCUT2D eigenvalue weighted by Gasteiger charge is 2.02. The average molecular weight is 148 g/mol. The summed E-state index contributed by atoms with van der Waals surface area (Å²) >= 11 is 0. The Morgan fingerprint density at radius 1 is 1.36 bits per heavy atom. The van der Waals surface area contributed by atoms with Crippen LogP contribution in [-0.4, -0.2) is 13.8 Å². The van der Waals surface area contributed by atoms with Crippen LogP contribution in [-0.2, 0) is 0 Å². The first-order valence-corrected chi connectivity index (χ1v) is 3.56. The molecule has 0 radical (unpaired) electrons. The van der Waals surface area contributed by atoms with E-state index in [0.29, 0.717) is 0 Å². The maximum Gasteiger partial charge on any atom is 0.124 e. The predicted octanol–water partition coefficient (Wildman–Crippen LogP) is 1.61. The van der Waals surface area contributed by atoms with E-state index in [9.17, 15) is 0 Å². The molecular formula is C9H12N2. The largest absolute Gasteiger partial charge is 0.295 e. The van der Waals surface area contributed by atoms with E-state index in [1.165, 1.54) is 0 Å². The topological polar surface area (TPSA) is 24.4 Å². The molecule has 0 spiro atoms. The molecule has 0 fully saturated rings. The molecule has 0 amide bonds. The van der Waals surface area contributed by atoms with Gasteiger partial charge in [0.05, 0.1) is 0 Å². The Bertz CT molecular complexity index is 218. The zero-order valence-corrected chi connectivity index (χ0v) is 6.62. The number of hydrogen-bond donors (Lipinski definition) is 1. The molecule has 0 aliphatic rings. The van der Waals surface area contributed by atoms with Crippen molar-refractivity contribution in [1.82, 2.24) is 5.32 Å². The minimum atomic E-state index is 0.0243. The quantitative estimate of drug-likeness (QED) is 0.647. The number of aliphatic imine (C=N–C) groups is 1. The number of nitrogens with one attached hydrogen (secondary N) is 1. The van der Waals surface area contributed by atoms with Crippen LogP contribution in [0.15, 0.2) is 35.3 Å². The van der Waals surface area contributed by atoms with E-state index in [1.54, 1.807) is 0 Å². The number of nitrogens with zero attached hydrogens (tertiary/aromatic N) is 1. The summed E-state index contributed by atoms with van der Waals surface area (Å²) in [5.41, 5.74) is 1.14. The van der Waals surface area contributed by atoms with Crippen molar-refractivity contribution in [3.63, 3.8) is 0 Å². The molecule has 2 nitrogen and oxygen atoms in total. The van der Waals surface area contributed by atoms with Gasteiger partial charge < -0.3 is 0 Å². The second-order valence-corrected chi connectivity index (χ2v) is 2.28. The van der Waals surface area contributed by atoms with Gasteiger partial charge in [-0.25, -0.2) is 0 Å². The zero-order valence-electron chi connectivity index (χ0n) is 6.62. The Morgan fingerprint density at radius 3 is 2.45 bits per heavy atom. The van der Waals surface area contributed by atoms with Crippen LogP contribution < -0.4 is 5.32 Å². The third kappa shape index (κ3) is 1.88. The van der Waals surface area contributed by atoms with Gasteiger partial charge in [-0.1, -0.05) is 30.3 Å². The van der Waals surface area contributed by atoms with Gasteiger partial charge in [-0.2, -0.15) is 0 Å². The zero-order chi connectivity index (χ0) is 8.10. The van der Waals surface area contributed by atoms with Gasteiger partial charge in [0.15, 0.2) is 0 Å². The normalized spacial score (nSPS) is 12.5. The van der Waals surface area contributed by atoms with E-state index in [1.807, 2.05) is 37.4 Å². The Kier molecular flexibility index (Phi) is 2.81. The van der Waals surface area contributed by atoms with Crippen LogP contribution in [0.2, 0.25) is 0 Å². The molecule has 1 unspecified atom stereocenters. The second-order valence-electron chi connectivity index (χ2n) is 2.28. The molecule has 2 heteroatoms. The summed E-state index contributed by atoms with van der Waals surface area (Å²) in [6.45, 7) is 3.50. The van der Waals surface area contributed by atoms with Gasteiger partial charge in [0.2, 0.25) is 0 Å². The molecule has 0 heterocycles. The fourth-order valence-corrected chi connectivity index (χ4v) is 0.999. The summed E-state index contributed by atoms with van der Waals surface area (Å²) in [6.07, 6.45) is 0.0243. The molecular weight excluding hydrogens is 136 g/mol. The number of rotatable bonds is 3. The summed E-state index contributed by atoms with van der Waals surface area (Å²) in [6, 6.07) is 10.0. The number of benzene rings is 1. The fraction of sp³-hybridized carbons (Fsp3) is 0.222. The summed E-state index contributed by atoms with van der Waals surface area (Å²) in [4.78, 5) is 3.92. The second kappa shape index (κ2) is 3.88. The van der Waals surface area contributed by atoms with Gasteiger partial charge in [0.1, 0.15) is 6.17 Å². The predicted molar refractivity (Wildman–Crippen MR) is 47.8 cm³/mol. The van der Waals surface area contributed by atoms with Gasteiger partial charge in [0, 0.05) is 0 Å². The minimum Gasteiger partial charge on any atom is -0.295 e. The van der Waals surface area contributed by atoms with Crippen molar-refractivity contribution in [3.8, 4) is 0 Å². The van der Waals surface area contributed by atoms with Crippen molar-refractivity contribution >= 4 is 6.72 Å². The van der Waals surface area contributed by atoms with Crippen LogP contribution in [0.5, 0.6) is 0 Å². The molecule has 0 aromatic heterocycles. The van der Waals surface area contributed by atoms with E-state index in [0.717, 1.165) is 5.56 Å². The smallest absolute Gasteiger partial charge is 0.124 e. The number of hydrogen-bond acceptors (Lipinski definition) is 2. The van der Waals surface area contributed by atoms with E-state index in [4.69, 9.17) is 0 Å². The molecule has 1 atom stereocenters. The average Bonchev–Trinajstić information content (AvgIpc) is 2.09. The van der Waals surface area contributed by atoms with Gasteiger partial charge >= 0.3 is 0 Å². The fourth-order valence-electron chi connectivity index (χ4n) is 0.999. The lowest BCUT2D eigenvalue weighted by atomic mass is 10.2. The summed E-state index contributed by atoms with van der Waals surface area (Å²) in [5, 5.41) is 3.04. The van der Waals surface area contributed by atoms with E-state index >= 15 is 0 Å². The molecule has 11 heavy (non-hydrogen) atoms. The van der Waals surface area contributed by atoms with Gasteiger partial charge in [0.25, 0.3) is 0 Å². The van der Waals surface area contributed by atoms with E-state index in [2.05, 4.69) is 17.0 Å². The molecule has 1 aromatic carbocycles. The summed E-state index contributed by atoms with van der Waals surface area (Å²) in [5.74, 6) is 0. The molecule has 58 valence electrons. The lowest BCUT2D eigenvalue weighted by molar-refractivity contribution is 0.629. The minimum absolute atomic E-state index is 0.0243. The Hall–Kier alpha value is -1.15. The first kappa shape index (κ1) is 7.95. The van der Waals surface area contributed by atoms with Crippen molar-refractivity contribution in [3.05, 3.63) is 35.9 Å². The van der Waals surface area contributed by atoms with Crippen LogP contribution in [0.25, 0.3) is 0 Å². The maximum absolute atomic E-state index is 3.92. The summed E-state index contributed by atoms with van der Waals surface area (Å²) < 4.78 is 0. The van der Waals surface area contributed by atoms with Crippen molar-refractivity contribution in [2.75, 3.05) is 7.05 Å². The Balaban J connectivity index is 2.82. The van der Waals surface area contributed by atoms with Crippen molar-refractivity contribution in [1.29, 1.82) is 0 Å². The molecule has 0 aliphatic heterocycles. The Morgan fingerprint density at radius 2 is 2.00 bits per heavy atom. The van der Waals surface area contributed by atoms with Gasteiger partial charge in [-0.3, -0.25) is 10.3 Å². The standard InChI is InChI=1S/C9H12N2/c1-10-9(11-2)8-6-4-3-5-7-8/h3-7,9,11H,1H2,2H3. The molecule has 1 aromatic rings. The molecule has 0 aliphatic carbocycles. The molecule has 0 saturated carbocycles. The first-order valence-electron chi connectivity index (χ1n) is 3.56. The first-order chi connectivity index (χ1) is 5.38. The third-order valence-electron chi connectivity index (χ3n) is 1.57. The van der Waals surface area contributed by atoms with Crippen LogP contribution in [0.4, 0.5) is 0 Å². The van der Waals surface area contributed by atoms with Crippen LogP contribution in [0.3, 0.4) is 0 Å². The molecule has 0 bridgehead atoms. The van der Waals surface area contributed by atoms with Crippen molar-refractivity contribution < 1.29 is 0 Å². The van der Waals surface area contributed by atoms with Crippen molar-refractivity contribution in [2.45, 2.75) is 6.17 Å². The SMILES string of the molecule is C=NC(NC)c1ccccc1. The third-order valence-corrected chi connectivity index (χ3v) is 1.57. The molecule has 1 rings (SSSR count). The van der Waals surface area contributed by atoms with Gasteiger partial charge in [-0.15, -0.1) is 0 Å². The monoisotopic (exact) mass is 148 g/mol. The maximum atomic E-state index is 3.92. The van der Waals surface area contributed by atoms with Crippen LogP contribution >= 0.6 is 0 Å². The summed E-state index contributed by atoms with van der Waals surface area (Å²) in [7, 11) is 1.87. The highest BCUT2D eigenvalue weighted by atomic mass is 15.0. The van der Waals surface area contributed by atoms with Crippen LogP contribution in [0, 0.1) is 0 Å². The van der Waals surface area contributed by atoms with Crippen LogP contribution in [0.1, 0.15) is 11.7 Å². The van der Waals surface area contributed by atoms with E-state index < -0.39 is 0 Å². The van der Waals surface area contributed by atoms with Crippen molar-refractivity contribution in [2.24, 2.45) is 4.99 Å². The Labute approximate surface area is 67.0 Å². The molecule has 0 saturated heterocycles. The molecule has 1 N–H and O–H groups in total. The van der Waals surface area contributed by atoms with E-state index in [-0.39, 0.29) is 6.17 Å². The lowest BCUT2D eigenvalue weighted by Gasteiger charge is -2.09. The highest BCUT2D eigenvalue weighted by Crippen LogP contribution is 2.11.